The van der Waals surface area contributed by atoms with E-state index in [2.05, 4.69) is 10.3 Å². The summed E-state index contributed by atoms with van der Waals surface area (Å²) in [5.74, 6) is -0.955. The standard InChI is InChI=1S/C14H15ClN2O2S/c15-10-4-5-11-13(16-7-20-11)12(10)17-9-3-1-2-8(6-9)14(18)19/h4-5,7-9,17H,1-3,6H2,(H,18,19). The van der Waals surface area contributed by atoms with Crippen LogP contribution in [-0.2, 0) is 4.79 Å². The van der Waals surface area contributed by atoms with Crippen molar-refractivity contribution in [2.45, 2.75) is 31.7 Å². The number of fused-ring (bicyclic) bond motifs is 1. The number of halogens is 1. The van der Waals surface area contributed by atoms with E-state index in [-0.39, 0.29) is 12.0 Å². The van der Waals surface area contributed by atoms with Crippen LogP contribution in [0.15, 0.2) is 17.6 Å². The summed E-state index contributed by atoms with van der Waals surface area (Å²) in [4.78, 5) is 15.5. The molecule has 0 spiro atoms. The molecule has 1 aliphatic carbocycles. The highest BCUT2D eigenvalue weighted by atomic mass is 35.5. The molecule has 0 amide bonds. The van der Waals surface area contributed by atoms with E-state index in [0.29, 0.717) is 11.4 Å². The Kier molecular flexibility index (Phi) is 3.81. The van der Waals surface area contributed by atoms with Crippen molar-refractivity contribution in [2.75, 3.05) is 5.32 Å². The molecule has 2 N–H and O–H groups in total. The van der Waals surface area contributed by atoms with Crippen molar-refractivity contribution in [3.8, 4) is 0 Å². The van der Waals surface area contributed by atoms with Gasteiger partial charge in [-0.2, -0.15) is 0 Å². The number of carbonyl (C=O) groups is 1. The molecule has 106 valence electrons. The van der Waals surface area contributed by atoms with Gasteiger partial charge < -0.3 is 10.4 Å². The Bertz CT molecular complexity index is 643. The maximum absolute atomic E-state index is 11.1. The number of hydrogen-bond acceptors (Lipinski definition) is 4. The van der Waals surface area contributed by atoms with Crippen molar-refractivity contribution >= 4 is 44.8 Å². The van der Waals surface area contributed by atoms with Crippen molar-refractivity contribution in [1.82, 2.24) is 4.98 Å². The molecule has 6 heteroatoms. The van der Waals surface area contributed by atoms with Gasteiger partial charge in [0, 0.05) is 6.04 Å². The molecule has 3 rings (SSSR count). The van der Waals surface area contributed by atoms with Crippen LogP contribution in [0.4, 0.5) is 5.69 Å². The van der Waals surface area contributed by atoms with Gasteiger partial charge in [0.15, 0.2) is 0 Å². The maximum atomic E-state index is 11.1. The molecular formula is C14H15ClN2O2S. The molecule has 2 atom stereocenters. The zero-order valence-electron chi connectivity index (χ0n) is 10.8. The minimum atomic E-state index is -0.700. The fourth-order valence-corrected chi connectivity index (χ4v) is 3.68. The molecule has 1 fully saturated rings. The van der Waals surface area contributed by atoms with Crippen LogP contribution in [0, 0.1) is 5.92 Å². The fourth-order valence-electron chi connectivity index (χ4n) is 2.79. The largest absolute Gasteiger partial charge is 0.481 e. The third kappa shape index (κ3) is 2.60. The van der Waals surface area contributed by atoms with Crippen molar-refractivity contribution in [2.24, 2.45) is 5.92 Å². The number of nitrogens with zero attached hydrogens (tertiary/aromatic N) is 1. The molecule has 1 heterocycles. The van der Waals surface area contributed by atoms with Gasteiger partial charge in [-0.15, -0.1) is 11.3 Å². The normalized spacial score (nSPS) is 22.9. The van der Waals surface area contributed by atoms with Gasteiger partial charge in [-0.1, -0.05) is 18.0 Å². The van der Waals surface area contributed by atoms with E-state index in [0.717, 1.165) is 35.2 Å². The Balaban J connectivity index is 1.84. The predicted molar refractivity (Wildman–Crippen MR) is 81.6 cm³/mol. The first-order chi connectivity index (χ1) is 9.65. The monoisotopic (exact) mass is 310 g/mol. The molecular weight excluding hydrogens is 296 g/mol. The first-order valence-corrected chi connectivity index (χ1v) is 7.92. The summed E-state index contributed by atoms with van der Waals surface area (Å²) in [6.07, 6.45) is 3.31. The summed E-state index contributed by atoms with van der Waals surface area (Å²) in [6, 6.07) is 3.97. The number of aromatic nitrogens is 1. The lowest BCUT2D eigenvalue weighted by Crippen LogP contribution is -2.31. The van der Waals surface area contributed by atoms with Crippen LogP contribution < -0.4 is 5.32 Å². The van der Waals surface area contributed by atoms with Gasteiger partial charge in [0.2, 0.25) is 0 Å². The number of rotatable bonds is 3. The summed E-state index contributed by atoms with van der Waals surface area (Å²) < 4.78 is 1.09. The number of carboxylic acid groups (broad SMARTS) is 1. The summed E-state index contributed by atoms with van der Waals surface area (Å²) in [5.41, 5.74) is 3.51. The molecule has 1 saturated carbocycles. The highest BCUT2D eigenvalue weighted by Gasteiger charge is 2.27. The lowest BCUT2D eigenvalue weighted by Gasteiger charge is -2.28. The van der Waals surface area contributed by atoms with Crippen LogP contribution in [-0.4, -0.2) is 22.1 Å². The molecule has 20 heavy (non-hydrogen) atoms. The molecule has 0 radical (unpaired) electrons. The van der Waals surface area contributed by atoms with Crippen molar-refractivity contribution in [3.05, 3.63) is 22.7 Å². The summed E-state index contributed by atoms with van der Waals surface area (Å²) in [7, 11) is 0. The Morgan fingerprint density at radius 3 is 3.10 bits per heavy atom. The van der Waals surface area contributed by atoms with Crippen molar-refractivity contribution in [1.29, 1.82) is 0 Å². The highest BCUT2D eigenvalue weighted by molar-refractivity contribution is 7.16. The van der Waals surface area contributed by atoms with E-state index in [1.165, 1.54) is 0 Å². The van der Waals surface area contributed by atoms with Gasteiger partial charge in [-0.3, -0.25) is 4.79 Å². The number of anilines is 1. The third-order valence-electron chi connectivity index (χ3n) is 3.82. The quantitative estimate of drug-likeness (QED) is 0.899. The molecule has 0 bridgehead atoms. The summed E-state index contributed by atoms with van der Waals surface area (Å²) in [6.45, 7) is 0. The zero-order chi connectivity index (χ0) is 14.1. The first kappa shape index (κ1) is 13.6. The molecule has 1 aromatic carbocycles. The molecule has 0 saturated heterocycles. The number of hydrogen-bond donors (Lipinski definition) is 2. The number of carboxylic acids is 1. The van der Waals surface area contributed by atoms with E-state index >= 15 is 0 Å². The maximum Gasteiger partial charge on any atom is 0.306 e. The van der Waals surface area contributed by atoms with Gasteiger partial charge in [-0.25, -0.2) is 4.98 Å². The van der Waals surface area contributed by atoms with Crippen LogP contribution in [0.5, 0.6) is 0 Å². The average molecular weight is 311 g/mol. The Hall–Kier alpha value is -1.33. The van der Waals surface area contributed by atoms with Gasteiger partial charge in [0.25, 0.3) is 0 Å². The third-order valence-corrected chi connectivity index (χ3v) is 4.93. The smallest absolute Gasteiger partial charge is 0.306 e. The van der Waals surface area contributed by atoms with Crippen LogP contribution in [0.3, 0.4) is 0 Å². The topological polar surface area (TPSA) is 62.2 Å². The lowest BCUT2D eigenvalue weighted by atomic mass is 9.85. The Morgan fingerprint density at radius 2 is 2.30 bits per heavy atom. The van der Waals surface area contributed by atoms with E-state index in [4.69, 9.17) is 16.7 Å². The van der Waals surface area contributed by atoms with Crippen molar-refractivity contribution in [3.63, 3.8) is 0 Å². The van der Waals surface area contributed by atoms with E-state index in [1.54, 1.807) is 16.8 Å². The van der Waals surface area contributed by atoms with E-state index < -0.39 is 5.97 Å². The van der Waals surface area contributed by atoms with E-state index in [9.17, 15) is 4.79 Å². The summed E-state index contributed by atoms with van der Waals surface area (Å²) >= 11 is 7.84. The second kappa shape index (κ2) is 5.58. The molecule has 2 unspecified atom stereocenters. The van der Waals surface area contributed by atoms with Crippen LogP contribution in [0.2, 0.25) is 5.02 Å². The van der Waals surface area contributed by atoms with E-state index in [1.807, 2.05) is 12.1 Å². The summed E-state index contributed by atoms with van der Waals surface area (Å²) in [5, 5.41) is 13.2. The van der Waals surface area contributed by atoms with Crippen molar-refractivity contribution < 1.29 is 9.90 Å². The minimum absolute atomic E-state index is 0.148. The van der Waals surface area contributed by atoms with Gasteiger partial charge in [0.1, 0.15) is 5.52 Å². The number of nitrogens with one attached hydrogen (secondary N) is 1. The zero-order valence-corrected chi connectivity index (χ0v) is 12.4. The first-order valence-electron chi connectivity index (χ1n) is 6.66. The second-order valence-corrected chi connectivity index (χ2v) is 6.46. The Labute approximate surface area is 125 Å². The second-order valence-electron chi connectivity index (χ2n) is 5.16. The molecule has 2 aromatic rings. The fraction of sp³-hybridized carbons (Fsp3) is 0.429. The average Bonchev–Trinajstić information content (AvgIpc) is 2.91. The highest BCUT2D eigenvalue weighted by Crippen LogP contribution is 2.35. The molecule has 0 aliphatic heterocycles. The van der Waals surface area contributed by atoms with Crippen LogP contribution in [0.25, 0.3) is 10.2 Å². The number of benzene rings is 1. The predicted octanol–water partition coefficient (Wildman–Crippen LogP) is 4.01. The van der Waals surface area contributed by atoms with Gasteiger partial charge >= 0.3 is 5.97 Å². The number of thiazole rings is 1. The van der Waals surface area contributed by atoms with Crippen LogP contribution >= 0.6 is 22.9 Å². The molecule has 1 aromatic heterocycles. The minimum Gasteiger partial charge on any atom is -0.481 e. The van der Waals surface area contributed by atoms with Gasteiger partial charge in [0.05, 0.1) is 26.8 Å². The Morgan fingerprint density at radius 1 is 1.45 bits per heavy atom. The van der Waals surface area contributed by atoms with Gasteiger partial charge in [-0.05, 0) is 31.4 Å². The number of aliphatic carboxylic acids is 1. The SMILES string of the molecule is O=C(O)C1CCCC(Nc2c(Cl)ccc3scnc23)C1. The lowest BCUT2D eigenvalue weighted by molar-refractivity contribution is -0.142. The molecule has 4 nitrogen and oxygen atoms in total. The molecule has 1 aliphatic rings. The van der Waals surface area contributed by atoms with Crippen LogP contribution in [0.1, 0.15) is 25.7 Å².